The summed E-state index contributed by atoms with van der Waals surface area (Å²) in [4.78, 5) is 18.5. The number of fused-ring (bicyclic) bond motifs is 1. The molecule has 2 N–H and O–H groups in total. The number of rotatable bonds is 6. The van der Waals surface area contributed by atoms with Crippen LogP contribution in [0.15, 0.2) is 46.8 Å². The molecule has 0 bridgehead atoms. The van der Waals surface area contributed by atoms with Gasteiger partial charge < -0.3 is 10.0 Å². The average Bonchev–Trinajstić information content (AvgIpc) is 3.24. The Labute approximate surface area is 196 Å². The van der Waals surface area contributed by atoms with Crippen molar-refractivity contribution in [1.29, 1.82) is 0 Å². The maximum absolute atomic E-state index is 13.9. The number of benzene rings is 2. The highest BCUT2D eigenvalue weighted by molar-refractivity contribution is 7.93. The second-order valence-corrected chi connectivity index (χ2v) is 11.4. The van der Waals surface area contributed by atoms with Gasteiger partial charge in [-0.2, -0.15) is 0 Å². The summed E-state index contributed by atoms with van der Waals surface area (Å²) in [6.07, 6.45) is 1.79. The number of nitrogens with zero attached hydrogens (tertiary/aromatic N) is 2. The Morgan fingerprint density at radius 1 is 1.21 bits per heavy atom. The van der Waals surface area contributed by atoms with Crippen molar-refractivity contribution in [2.24, 2.45) is 5.92 Å². The van der Waals surface area contributed by atoms with Gasteiger partial charge in [0.15, 0.2) is 0 Å². The Balaban J connectivity index is 1.45. The van der Waals surface area contributed by atoms with Gasteiger partial charge in [0.1, 0.15) is 16.2 Å². The van der Waals surface area contributed by atoms with Crippen molar-refractivity contribution in [3.8, 4) is 0 Å². The summed E-state index contributed by atoms with van der Waals surface area (Å²) < 4.78 is 42.3. The van der Waals surface area contributed by atoms with Crippen molar-refractivity contribution in [1.82, 2.24) is 9.88 Å². The van der Waals surface area contributed by atoms with E-state index in [9.17, 15) is 22.7 Å². The van der Waals surface area contributed by atoms with Gasteiger partial charge >= 0.3 is 0 Å². The Morgan fingerprint density at radius 2 is 1.88 bits per heavy atom. The topological polar surface area (TPSA) is 99.6 Å². The van der Waals surface area contributed by atoms with Crippen molar-refractivity contribution < 1.29 is 22.7 Å². The van der Waals surface area contributed by atoms with Gasteiger partial charge in [0.05, 0.1) is 15.8 Å². The van der Waals surface area contributed by atoms with E-state index in [1.165, 1.54) is 23.7 Å². The van der Waals surface area contributed by atoms with Crippen molar-refractivity contribution >= 4 is 43.2 Å². The number of aromatic nitrogens is 1. The zero-order valence-corrected chi connectivity index (χ0v) is 20.0. The number of halogens is 1. The van der Waals surface area contributed by atoms with Gasteiger partial charge in [-0.05, 0) is 61.6 Å². The number of amides is 1. The summed E-state index contributed by atoms with van der Waals surface area (Å²) >= 11 is 1.04. The number of nitrogens with one attached hydrogen (secondary N) is 1. The van der Waals surface area contributed by atoms with Crippen LogP contribution in [0, 0.1) is 11.7 Å². The third-order valence-corrected chi connectivity index (χ3v) is 8.09. The molecule has 10 heteroatoms. The number of thiazole rings is 1. The van der Waals surface area contributed by atoms with E-state index in [4.69, 9.17) is 0 Å². The van der Waals surface area contributed by atoms with Gasteiger partial charge in [-0.3, -0.25) is 9.52 Å². The Morgan fingerprint density at radius 3 is 2.52 bits per heavy atom. The van der Waals surface area contributed by atoms with Gasteiger partial charge in [0.25, 0.3) is 15.9 Å². The highest BCUT2D eigenvalue weighted by Crippen LogP contribution is 2.31. The Bertz CT molecular complexity index is 1260. The molecule has 1 aliphatic heterocycles. The number of aliphatic hydroxyl groups is 1. The van der Waals surface area contributed by atoms with Crippen LogP contribution in [0.4, 0.5) is 10.1 Å². The summed E-state index contributed by atoms with van der Waals surface area (Å²) in [6, 6.07) is 8.47. The predicted octanol–water partition coefficient (Wildman–Crippen LogP) is 4.25. The monoisotopic (exact) mass is 491 g/mol. The number of piperidine rings is 1. The van der Waals surface area contributed by atoms with Crippen LogP contribution in [0.2, 0.25) is 0 Å². The van der Waals surface area contributed by atoms with Crippen molar-refractivity contribution in [3.05, 3.63) is 53.3 Å². The highest BCUT2D eigenvalue weighted by Gasteiger charge is 2.34. The molecule has 1 saturated heterocycles. The number of likely N-dealkylation sites (tertiary alicyclic amines) is 1. The average molecular weight is 492 g/mol. The number of sulfonamides is 1. The lowest BCUT2D eigenvalue weighted by atomic mass is 9.84. The third kappa shape index (κ3) is 5.02. The van der Waals surface area contributed by atoms with Crippen molar-refractivity contribution in [2.75, 3.05) is 17.8 Å². The fourth-order valence-electron chi connectivity index (χ4n) is 4.28. The van der Waals surface area contributed by atoms with Crippen LogP contribution >= 0.6 is 11.3 Å². The summed E-state index contributed by atoms with van der Waals surface area (Å²) in [7, 11) is -4.00. The molecule has 1 aliphatic rings. The second kappa shape index (κ2) is 9.00. The number of hydrogen-bond acceptors (Lipinski definition) is 6. The first-order valence-electron chi connectivity index (χ1n) is 10.7. The van der Waals surface area contributed by atoms with E-state index in [1.807, 2.05) is 0 Å². The summed E-state index contributed by atoms with van der Waals surface area (Å²) in [6.45, 7) is 5.09. The van der Waals surface area contributed by atoms with E-state index >= 15 is 0 Å². The first kappa shape index (κ1) is 23.6. The molecule has 2 aromatic carbocycles. The largest absolute Gasteiger partial charge is 0.390 e. The molecule has 0 atom stereocenters. The van der Waals surface area contributed by atoms with Gasteiger partial charge in [-0.15, -0.1) is 11.3 Å². The maximum atomic E-state index is 13.9. The zero-order chi connectivity index (χ0) is 23.8. The summed E-state index contributed by atoms with van der Waals surface area (Å²) in [5, 5.41) is 10.7. The Hall–Kier alpha value is -2.56. The van der Waals surface area contributed by atoms with E-state index in [0.717, 1.165) is 17.4 Å². The molecule has 4 rings (SSSR count). The molecule has 1 aromatic heterocycles. The first-order chi connectivity index (χ1) is 15.6. The molecule has 7 nitrogen and oxygen atoms in total. The lowest BCUT2D eigenvalue weighted by molar-refractivity contribution is -0.0311. The first-order valence-corrected chi connectivity index (χ1v) is 13.1. The molecule has 0 radical (unpaired) electrons. The second-order valence-electron chi connectivity index (χ2n) is 8.87. The van der Waals surface area contributed by atoms with E-state index < -0.39 is 21.4 Å². The molecule has 3 aromatic rings. The lowest BCUT2D eigenvalue weighted by Gasteiger charge is -2.39. The lowest BCUT2D eigenvalue weighted by Crippen LogP contribution is -2.47. The van der Waals surface area contributed by atoms with E-state index in [0.29, 0.717) is 43.8 Å². The van der Waals surface area contributed by atoms with Gasteiger partial charge in [-0.1, -0.05) is 13.8 Å². The normalized spacial score (nSPS) is 16.3. The molecular weight excluding hydrogens is 465 g/mol. The van der Waals surface area contributed by atoms with Crippen LogP contribution in [0.25, 0.3) is 10.2 Å². The van der Waals surface area contributed by atoms with E-state index in [2.05, 4.69) is 23.6 Å². The molecule has 0 aliphatic carbocycles. The molecule has 2 heterocycles. The third-order valence-electron chi connectivity index (χ3n) is 5.84. The predicted molar refractivity (Wildman–Crippen MR) is 126 cm³/mol. The number of anilines is 1. The molecule has 176 valence electrons. The smallest absolute Gasteiger partial charge is 0.264 e. The van der Waals surface area contributed by atoms with E-state index in [1.54, 1.807) is 17.0 Å². The van der Waals surface area contributed by atoms with Gasteiger partial charge in [0, 0.05) is 24.3 Å². The standard InChI is InChI=1S/C23H26FN3O4S2/c1-15(2)13-23(29)9-11-27(12-10-23)22(28)16-3-5-17(6-4-16)26-33(30,31)19-8-7-18(24)21-20(19)25-14-32-21/h3-8,14-15,26,29H,9-13H2,1-2H3. The highest BCUT2D eigenvalue weighted by atomic mass is 32.2. The fourth-order valence-corrected chi connectivity index (χ4v) is 6.27. The quantitative estimate of drug-likeness (QED) is 0.537. The van der Waals surface area contributed by atoms with Crippen LogP contribution in [0.1, 0.15) is 43.5 Å². The van der Waals surface area contributed by atoms with E-state index in [-0.39, 0.29) is 26.7 Å². The minimum Gasteiger partial charge on any atom is -0.390 e. The van der Waals surface area contributed by atoms with Gasteiger partial charge in [0.2, 0.25) is 0 Å². The summed E-state index contributed by atoms with van der Waals surface area (Å²) in [5.74, 6) is -0.288. The minimum atomic E-state index is -4.00. The molecule has 0 spiro atoms. The maximum Gasteiger partial charge on any atom is 0.264 e. The van der Waals surface area contributed by atoms with Crippen LogP contribution in [-0.2, 0) is 10.0 Å². The Kier molecular flexibility index (Phi) is 6.43. The molecule has 33 heavy (non-hydrogen) atoms. The fraction of sp³-hybridized carbons (Fsp3) is 0.391. The number of hydrogen-bond donors (Lipinski definition) is 2. The molecule has 1 fully saturated rings. The number of carbonyl (C=O) groups excluding carboxylic acids is 1. The SMILES string of the molecule is CC(C)CC1(O)CCN(C(=O)c2ccc(NS(=O)(=O)c3ccc(F)c4scnc34)cc2)CC1. The van der Waals surface area contributed by atoms with Crippen molar-refractivity contribution in [2.45, 2.75) is 43.6 Å². The number of carbonyl (C=O) groups is 1. The van der Waals surface area contributed by atoms with Crippen LogP contribution in [-0.4, -0.2) is 48.0 Å². The molecule has 0 unspecified atom stereocenters. The zero-order valence-electron chi connectivity index (χ0n) is 18.4. The molecule has 1 amide bonds. The van der Waals surface area contributed by atoms with Crippen LogP contribution < -0.4 is 4.72 Å². The van der Waals surface area contributed by atoms with Crippen LogP contribution in [0.5, 0.6) is 0 Å². The molecule has 0 saturated carbocycles. The van der Waals surface area contributed by atoms with Crippen LogP contribution in [0.3, 0.4) is 0 Å². The summed E-state index contributed by atoms with van der Waals surface area (Å²) in [5.41, 5.74) is 1.48. The minimum absolute atomic E-state index is 0.0850. The molecular formula is C23H26FN3O4S2. The van der Waals surface area contributed by atoms with Gasteiger partial charge in [-0.25, -0.2) is 17.8 Å². The van der Waals surface area contributed by atoms with Crippen molar-refractivity contribution in [3.63, 3.8) is 0 Å².